The number of ether oxygens (including phenoxy) is 2. The average molecular weight is 591 g/mol. The zero-order valence-corrected chi connectivity index (χ0v) is 24.6. The van der Waals surface area contributed by atoms with E-state index in [2.05, 4.69) is 57.5 Å². The number of fused-ring (bicyclic) bond motifs is 1. The van der Waals surface area contributed by atoms with Crippen LogP contribution in [0.4, 0.5) is 16.0 Å². The van der Waals surface area contributed by atoms with Gasteiger partial charge in [-0.2, -0.15) is 0 Å². The van der Waals surface area contributed by atoms with Gasteiger partial charge in [0.15, 0.2) is 5.79 Å². The molecule has 1 saturated carbocycles. The second-order valence-electron chi connectivity index (χ2n) is 11.8. The normalized spacial score (nSPS) is 20.1. The topological polar surface area (TPSA) is 67.2 Å². The van der Waals surface area contributed by atoms with Crippen molar-refractivity contribution < 1.29 is 13.9 Å². The van der Waals surface area contributed by atoms with Crippen LogP contribution in [0.3, 0.4) is 0 Å². The van der Waals surface area contributed by atoms with Crippen LogP contribution in [0.5, 0.6) is 0 Å². The number of aromatic nitrogens is 3. The fourth-order valence-corrected chi connectivity index (χ4v) is 6.76. The highest BCUT2D eigenvalue weighted by Gasteiger charge is 2.41. The van der Waals surface area contributed by atoms with E-state index in [0.29, 0.717) is 35.8 Å². The predicted octanol–water partition coefficient (Wildman–Crippen LogP) is 6.08. The Bertz CT molecular complexity index is 1530. The number of piperazine rings is 1. The average Bonchev–Trinajstić information content (AvgIpc) is 3.59. The second kappa shape index (κ2) is 11.5. The Hall–Kier alpha value is -3.08. The first-order valence-electron chi connectivity index (χ1n) is 14.8. The predicted molar refractivity (Wildman–Crippen MR) is 162 cm³/mol. The molecule has 0 amide bonds. The minimum atomic E-state index is -0.426. The third-order valence-corrected chi connectivity index (χ3v) is 9.13. The molecule has 0 atom stereocenters. The van der Waals surface area contributed by atoms with Gasteiger partial charge in [0.25, 0.3) is 0 Å². The van der Waals surface area contributed by atoms with Gasteiger partial charge in [0.1, 0.15) is 5.82 Å². The van der Waals surface area contributed by atoms with Gasteiger partial charge >= 0.3 is 0 Å². The number of rotatable bonds is 6. The van der Waals surface area contributed by atoms with Gasteiger partial charge in [0, 0.05) is 73.5 Å². The van der Waals surface area contributed by atoms with Crippen LogP contribution in [-0.4, -0.2) is 76.6 Å². The fraction of sp³-hybridized carbons (Fsp3) is 0.438. The van der Waals surface area contributed by atoms with Gasteiger partial charge in [-0.1, -0.05) is 35.9 Å². The molecule has 2 aromatic carbocycles. The number of benzene rings is 2. The maximum Gasteiger partial charge on any atom is 0.245 e. The molecule has 3 fully saturated rings. The Labute approximate surface area is 250 Å². The van der Waals surface area contributed by atoms with Gasteiger partial charge in [-0.05, 0) is 55.3 Å². The number of likely N-dealkylation sites (N-methyl/N-ethyl adjacent to an activating group) is 1. The molecule has 4 aromatic rings. The zero-order valence-electron chi connectivity index (χ0n) is 23.9. The quantitative estimate of drug-likeness (QED) is 0.292. The zero-order chi connectivity index (χ0) is 28.7. The maximum absolute atomic E-state index is 14.0. The van der Waals surface area contributed by atoms with E-state index in [1.165, 1.54) is 17.7 Å². The summed E-state index contributed by atoms with van der Waals surface area (Å²) >= 11 is 6.08. The molecule has 8 nitrogen and oxygen atoms in total. The molecule has 7 rings (SSSR count). The monoisotopic (exact) mass is 590 g/mol. The summed E-state index contributed by atoms with van der Waals surface area (Å²) in [5, 5.41) is 8.34. The molecule has 42 heavy (non-hydrogen) atoms. The fourth-order valence-electron chi connectivity index (χ4n) is 6.54. The van der Waals surface area contributed by atoms with Crippen molar-refractivity contribution in [3.63, 3.8) is 0 Å². The molecule has 3 aliphatic rings. The van der Waals surface area contributed by atoms with E-state index >= 15 is 0 Å². The van der Waals surface area contributed by atoms with E-state index < -0.39 is 11.6 Å². The first-order chi connectivity index (χ1) is 20.4. The molecule has 2 saturated heterocycles. The second-order valence-corrected chi connectivity index (χ2v) is 12.2. The van der Waals surface area contributed by atoms with Gasteiger partial charge in [-0.15, -0.1) is 5.10 Å². The number of hydrogen-bond donors (Lipinski definition) is 1. The summed E-state index contributed by atoms with van der Waals surface area (Å²) in [6, 6.07) is 15.5. The van der Waals surface area contributed by atoms with Gasteiger partial charge < -0.3 is 19.7 Å². The van der Waals surface area contributed by atoms with Crippen LogP contribution in [-0.2, 0) is 16.0 Å². The summed E-state index contributed by atoms with van der Waals surface area (Å²) < 4.78 is 28.0. The minimum absolute atomic E-state index is 0.299. The number of halogens is 2. The molecule has 2 aromatic heterocycles. The van der Waals surface area contributed by atoms with Gasteiger partial charge in [0.05, 0.1) is 24.9 Å². The van der Waals surface area contributed by atoms with Crippen LogP contribution in [0.2, 0.25) is 5.02 Å². The SMILES string of the molecule is CN1CCN(Cc2ccc(-c3cc(C4CCC5(CC4)OCCO5)n4nc(Nc5cc(F)cc(Cl)c5)ncc34)cc2)CC1. The maximum atomic E-state index is 14.0. The summed E-state index contributed by atoms with van der Waals surface area (Å²) in [6.07, 6.45) is 5.46. The summed E-state index contributed by atoms with van der Waals surface area (Å²) in [4.78, 5) is 9.50. The molecule has 220 valence electrons. The summed E-state index contributed by atoms with van der Waals surface area (Å²) in [5.41, 5.74) is 6.13. The molecule has 0 bridgehead atoms. The molecule has 1 spiro atoms. The van der Waals surface area contributed by atoms with Crippen LogP contribution >= 0.6 is 11.6 Å². The lowest BCUT2D eigenvalue weighted by Gasteiger charge is -2.35. The lowest BCUT2D eigenvalue weighted by molar-refractivity contribution is -0.179. The van der Waals surface area contributed by atoms with E-state index in [-0.39, 0.29) is 0 Å². The molecule has 0 unspecified atom stereocenters. The Morgan fingerprint density at radius 1 is 1.00 bits per heavy atom. The van der Waals surface area contributed by atoms with Crippen molar-refractivity contribution in [1.29, 1.82) is 0 Å². The van der Waals surface area contributed by atoms with Crippen molar-refractivity contribution in [2.24, 2.45) is 0 Å². The summed E-state index contributed by atoms with van der Waals surface area (Å²) in [7, 11) is 2.18. The number of nitrogens with one attached hydrogen (secondary N) is 1. The Kier molecular flexibility index (Phi) is 7.62. The Morgan fingerprint density at radius 2 is 1.74 bits per heavy atom. The first-order valence-corrected chi connectivity index (χ1v) is 15.2. The highest BCUT2D eigenvalue weighted by molar-refractivity contribution is 6.30. The van der Waals surface area contributed by atoms with E-state index in [4.69, 9.17) is 26.2 Å². The standard InChI is InChI=1S/C32H36ClFN6O2/c1-38-10-12-39(13-11-38)21-22-2-4-23(5-3-22)28-19-29(24-6-8-32(9-7-24)41-14-15-42-32)40-30(28)20-35-31(37-40)36-27-17-25(33)16-26(34)18-27/h2-5,16-20,24H,6-15,21H2,1H3,(H,36,37). The molecule has 4 heterocycles. The Balaban J connectivity index is 1.19. The third kappa shape index (κ3) is 5.76. The van der Waals surface area contributed by atoms with Crippen LogP contribution < -0.4 is 5.32 Å². The van der Waals surface area contributed by atoms with Crippen molar-refractivity contribution in [1.82, 2.24) is 24.4 Å². The van der Waals surface area contributed by atoms with Crippen molar-refractivity contribution in [3.8, 4) is 11.1 Å². The van der Waals surface area contributed by atoms with Crippen molar-refractivity contribution in [3.05, 3.63) is 76.8 Å². The molecule has 0 radical (unpaired) electrons. The highest BCUT2D eigenvalue weighted by atomic mass is 35.5. The van der Waals surface area contributed by atoms with E-state index in [0.717, 1.165) is 80.7 Å². The lowest BCUT2D eigenvalue weighted by Crippen LogP contribution is -2.43. The van der Waals surface area contributed by atoms with Crippen LogP contribution in [0.15, 0.2) is 54.7 Å². The van der Waals surface area contributed by atoms with Gasteiger partial charge in [-0.25, -0.2) is 13.9 Å². The lowest BCUT2D eigenvalue weighted by atomic mass is 9.83. The largest absolute Gasteiger partial charge is 0.348 e. The molecule has 1 N–H and O–H groups in total. The van der Waals surface area contributed by atoms with Crippen molar-refractivity contribution >= 4 is 28.8 Å². The molecular weight excluding hydrogens is 555 g/mol. The van der Waals surface area contributed by atoms with Crippen molar-refractivity contribution in [2.75, 3.05) is 51.8 Å². The van der Waals surface area contributed by atoms with Gasteiger partial charge in [-0.3, -0.25) is 4.90 Å². The highest BCUT2D eigenvalue weighted by Crippen LogP contribution is 2.44. The summed E-state index contributed by atoms with van der Waals surface area (Å²) in [5.74, 6) is -0.166. The molecule has 2 aliphatic heterocycles. The first kappa shape index (κ1) is 27.7. The van der Waals surface area contributed by atoms with E-state index in [1.807, 2.05) is 10.7 Å². The smallest absolute Gasteiger partial charge is 0.245 e. The molecule has 10 heteroatoms. The van der Waals surface area contributed by atoms with E-state index in [9.17, 15) is 4.39 Å². The van der Waals surface area contributed by atoms with Crippen LogP contribution in [0.1, 0.15) is 42.9 Å². The molecule has 1 aliphatic carbocycles. The minimum Gasteiger partial charge on any atom is -0.348 e. The number of anilines is 2. The van der Waals surface area contributed by atoms with Crippen LogP contribution in [0, 0.1) is 5.82 Å². The van der Waals surface area contributed by atoms with Gasteiger partial charge in [0.2, 0.25) is 5.95 Å². The number of hydrogen-bond acceptors (Lipinski definition) is 7. The Morgan fingerprint density at radius 3 is 2.45 bits per heavy atom. The van der Waals surface area contributed by atoms with Crippen LogP contribution in [0.25, 0.3) is 16.6 Å². The van der Waals surface area contributed by atoms with E-state index in [1.54, 1.807) is 6.07 Å². The third-order valence-electron chi connectivity index (χ3n) is 8.91. The van der Waals surface area contributed by atoms with Crippen molar-refractivity contribution in [2.45, 2.75) is 43.9 Å². The number of nitrogens with zero attached hydrogens (tertiary/aromatic N) is 5. The molecular formula is C32H36ClFN6O2. The summed E-state index contributed by atoms with van der Waals surface area (Å²) in [6.45, 7) is 6.72.